The van der Waals surface area contributed by atoms with Crippen LogP contribution in [0.2, 0.25) is 0 Å². The van der Waals surface area contributed by atoms with Crippen molar-refractivity contribution in [2.75, 3.05) is 6.61 Å². The Hall–Kier alpha value is -2.29. The minimum absolute atomic E-state index is 0.0424. The van der Waals surface area contributed by atoms with Crippen molar-refractivity contribution in [2.24, 2.45) is 0 Å². The molecule has 25 heavy (non-hydrogen) atoms. The summed E-state index contributed by atoms with van der Waals surface area (Å²) >= 11 is 0. The summed E-state index contributed by atoms with van der Waals surface area (Å²) in [5, 5.41) is 3.11. The maximum absolute atomic E-state index is 12.3. The van der Waals surface area contributed by atoms with E-state index in [4.69, 9.17) is 4.74 Å². The first-order chi connectivity index (χ1) is 12.2. The molecule has 3 nitrogen and oxygen atoms in total. The summed E-state index contributed by atoms with van der Waals surface area (Å²) in [5.41, 5.74) is 5.25. The van der Waals surface area contributed by atoms with E-state index in [-0.39, 0.29) is 18.6 Å². The van der Waals surface area contributed by atoms with Crippen molar-refractivity contribution in [1.82, 2.24) is 5.32 Å². The van der Waals surface area contributed by atoms with Crippen LogP contribution in [0.3, 0.4) is 0 Å². The summed E-state index contributed by atoms with van der Waals surface area (Å²) in [6.07, 6.45) is 5.77. The normalized spacial score (nSPS) is 14.5. The van der Waals surface area contributed by atoms with Gasteiger partial charge < -0.3 is 10.1 Å². The average Bonchev–Trinajstić information content (AvgIpc) is 2.64. The molecule has 2 aromatic rings. The monoisotopic (exact) mass is 337 g/mol. The van der Waals surface area contributed by atoms with Gasteiger partial charge in [-0.1, -0.05) is 37.3 Å². The van der Waals surface area contributed by atoms with Gasteiger partial charge in [-0.2, -0.15) is 0 Å². The number of hydrogen-bond acceptors (Lipinski definition) is 2. The van der Waals surface area contributed by atoms with Gasteiger partial charge in [0.25, 0.3) is 5.91 Å². The molecule has 2 aromatic carbocycles. The number of fused-ring (bicyclic) bond motifs is 1. The Morgan fingerprint density at radius 2 is 1.92 bits per heavy atom. The lowest BCUT2D eigenvalue weighted by Crippen LogP contribution is -2.32. The van der Waals surface area contributed by atoms with E-state index in [9.17, 15) is 4.79 Å². The van der Waals surface area contributed by atoms with Gasteiger partial charge in [-0.25, -0.2) is 0 Å². The molecule has 0 heterocycles. The molecule has 0 radical (unpaired) electrons. The Bertz CT molecular complexity index is 739. The van der Waals surface area contributed by atoms with Crippen LogP contribution in [0.5, 0.6) is 5.75 Å². The second-order valence-corrected chi connectivity index (χ2v) is 6.87. The molecule has 0 saturated heterocycles. The standard InChI is InChI=1S/C22H27NO2/c1-3-21(19-12-11-17-8-4-5-9-18(17)14-19)23-22(24)15-25-20-10-6-7-16(2)13-20/h6-7,10-14,21H,3-5,8-9,15H2,1-2H3,(H,23,24)/t21-/m1/s1. The van der Waals surface area contributed by atoms with Crippen molar-refractivity contribution in [3.8, 4) is 5.75 Å². The number of amides is 1. The predicted octanol–water partition coefficient (Wildman–Crippen LogP) is 4.52. The summed E-state index contributed by atoms with van der Waals surface area (Å²) in [5.74, 6) is 0.656. The fraction of sp³-hybridized carbons (Fsp3) is 0.409. The highest BCUT2D eigenvalue weighted by molar-refractivity contribution is 5.78. The Morgan fingerprint density at radius 1 is 1.12 bits per heavy atom. The third kappa shape index (κ3) is 4.62. The van der Waals surface area contributed by atoms with Crippen LogP contribution in [0.4, 0.5) is 0 Å². The first-order valence-electron chi connectivity index (χ1n) is 9.26. The van der Waals surface area contributed by atoms with Crippen LogP contribution in [-0.4, -0.2) is 12.5 Å². The smallest absolute Gasteiger partial charge is 0.258 e. The van der Waals surface area contributed by atoms with Gasteiger partial charge in [0, 0.05) is 0 Å². The average molecular weight is 337 g/mol. The molecule has 1 amide bonds. The van der Waals surface area contributed by atoms with Crippen LogP contribution in [-0.2, 0) is 17.6 Å². The van der Waals surface area contributed by atoms with E-state index in [1.807, 2.05) is 31.2 Å². The molecule has 1 aliphatic carbocycles. The van der Waals surface area contributed by atoms with Crippen molar-refractivity contribution in [2.45, 2.75) is 52.0 Å². The minimum atomic E-state index is -0.0777. The summed E-state index contributed by atoms with van der Waals surface area (Å²) in [6.45, 7) is 4.16. The van der Waals surface area contributed by atoms with Crippen LogP contribution in [0, 0.1) is 6.92 Å². The fourth-order valence-corrected chi connectivity index (χ4v) is 3.48. The third-order valence-corrected chi connectivity index (χ3v) is 4.88. The van der Waals surface area contributed by atoms with Crippen LogP contribution in [0.1, 0.15) is 54.5 Å². The molecule has 1 aliphatic rings. The Labute approximate surface area is 150 Å². The van der Waals surface area contributed by atoms with E-state index in [0.29, 0.717) is 0 Å². The zero-order valence-electron chi connectivity index (χ0n) is 15.2. The fourth-order valence-electron chi connectivity index (χ4n) is 3.48. The maximum Gasteiger partial charge on any atom is 0.258 e. The van der Waals surface area contributed by atoms with E-state index in [1.165, 1.54) is 36.0 Å². The molecule has 3 heteroatoms. The van der Waals surface area contributed by atoms with Crippen LogP contribution in [0.25, 0.3) is 0 Å². The lowest BCUT2D eigenvalue weighted by atomic mass is 9.89. The zero-order chi connectivity index (χ0) is 17.6. The van der Waals surface area contributed by atoms with Crippen molar-refractivity contribution in [3.63, 3.8) is 0 Å². The van der Waals surface area contributed by atoms with E-state index in [0.717, 1.165) is 24.2 Å². The Balaban J connectivity index is 1.60. The minimum Gasteiger partial charge on any atom is -0.484 e. The number of benzene rings is 2. The second-order valence-electron chi connectivity index (χ2n) is 6.87. The molecule has 0 aliphatic heterocycles. The molecular formula is C22H27NO2. The highest BCUT2D eigenvalue weighted by atomic mass is 16.5. The molecule has 132 valence electrons. The number of aryl methyl sites for hydroxylation is 3. The van der Waals surface area contributed by atoms with E-state index >= 15 is 0 Å². The van der Waals surface area contributed by atoms with E-state index < -0.39 is 0 Å². The molecule has 1 N–H and O–H groups in total. The van der Waals surface area contributed by atoms with E-state index in [1.54, 1.807) is 0 Å². The molecule has 3 rings (SSSR count). The lowest BCUT2D eigenvalue weighted by Gasteiger charge is -2.21. The number of carbonyl (C=O) groups excluding carboxylic acids is 1. The zero-order valence-corrected chi connectivity index (χ0v) is 15.2. The van der Waals surface area contributed by atoms with E-state index in [2.05, 4.69) is 30.4 Å². The molecule has 0 aromatic heterocycles. The number of hydrogen-bond donors (Lipinski definition) is 1. The summed E-state index contributed by atoms with van der Waals surface area (Å²) in [6, 6.07) is 14.5. The van der Waals surface area contributed by atoms with Crippen molar-refractivity contribution >= 4 is 5.91 Å². The SMILES string of the molecule is CC[C@@H](NC(=O)COc1cccc(C)c1)c1ccc2c(c1)CCCC2. The Morgan fingerprint density at radius 3 is 2.68 bits per heavy atom. The van der Waals surface area contributed by atoms with Gasteiger partial charge in [-0.05, 0) is 73.4 Å². The van der Waals surface area contributed by atoms with Gasteiger partial charge >= 0.3 is 0 Å². The molecule has 0 bridgehead atoms. The first-order valence-corrected chi connectivity index (χ1v) is 9.26. The number of rotatable bonds is 6. The molecule has 0 unspecified atom stereocenters. The summed E-state index contributed by atoms with van der Waals surface area (Å²) < 4.78 is 5.61. The van der Waals surface area contributed by atoms with Crippen molar-refractivity contribution in [3.05, 3.63) is 64.7 Å². The molecule has 0 fully saturated rings. The first kappa shape index (κ1) is 17.5. The van der Waals surface area contributed by atoms with Gasteiger partial charge in [0.2, 0.25) is 0 Å². The van der Waals surface area contributed by atoms with Gasteiger partial charge in [0.1, 0.15) is 5.75 Å². The lowest BCUT2D eigenvalue weighted by molar-refractivity contribution is -0.123. The van der Waals surface area contributed by atoms with Crippen molar-refractivity contribution < 1.29 is 9.53 Å². The number of ether oxygens (including phenoxy) is 1. The third-order valence-electron chi connectivity index (χ3n) is 4.88. The molecule has 0 spiro atoms. The molecule has 1 atom stereocenters. The number of carbonyl (C=O) groups is 1. The van der Waals surface area contributed by atoms with Crippen LogP contribution < -0.4 is 10.1 Å². The highest BCUT2D eigenvalue weighted by Crippen LogP contribution is 2.26. The van der Waals surface area contributed by atoms with Crippen LogP contribution in [0.15, 0.2) is 42.5 Å². The Kier molecular flexibility index (Phi) is 5.75. The second kappa shape index (κ2) is 8.19. The number of nitrogens with one attached hydrogen (secondary N) is 1. The predicted molar refractivity (Wildman–Crippen MR) is 101 cm³/mol. The van der Waals surface area contributed by atoms with Crippen LogP contribution >= 0.6 is 0 Å². The largest absolute Gasteiger partial charge is 0.484 e. The molecule has 0 saturated carbocycles. The maximum atomic E-state index is 12.3. The topological polar surface area (TPSA) is 38.3 Å². The quantitative estimate of drug-likeness (QED) is 0.841. The molecular weight excluding hydrogens is 310 g/mol. The summed E-state index contributed by atoms with van der Waals surface area (Å²) in [4.78, 5) is 12.3. The van der Waals surface area contributed by atoms with Gasteiger partial charge in [0.05, 0.1) is 6.04 Å². The van der Waals surface area contributed by atoms with Gasteiger partial charge in [0.15, 0.2) is 6.61 Å². The van der Waals surface area contributed by atoms with Crippen molar-refractivity contribution in [1.29, 1.82) is 0 Å². The summed E-state index contributed by atoms with van der Waals surface area (Å²) in [7, 11) is 0. The van der Waals surface area contributed by atoms with Gasteiger partial charge in [-0.15, -0.1) is 0 Å². The highest BCUT2D eigenvalue weighted by Gasteiger charge is 2.16. The van der Waals surface area contributed by atoms with Gasteiger partial charge in [-0.3, -0.25) is 4.79 Å².